The van der Waals surface area contributed by atoms with Gasteiger partial charge in [0.15, 0.2) is 34.7 Å². The molecule has 0 radical (unpaired) electrons. The molecule has 0 aromatic heterocycles. The van der Waals surface area contributed by atoms with Gasteiger partial charge in [-0.1, -0.05) is 38.2 Å². The average molecular weight is 525 g/mol. The number of carbonyl (C=O) groups is 5. The molecule has 38 heavy (non-hydrogen) atoms. The van der Waals surface area contributed by atoms with E-state index in [1.54, 1.807) is 14.1 Å². The van der Waals surface area contributed by atoms with Gasteiger partial charge in [-0.3, -0.25) is 28.9 Å². The van der Waals surface area contributed by atoms with Gasteiger partial charge in [-0.05, 0) is 68.8 Å². The van der Waals surface area contributed by atoms with Gasteiger partial charge in [0, 0.05) is 5.92 Å². The number of phenolic OH excluding ortho intramolecular Hbond substituents is 1. The van der Waals surface area contributed by atoms with Crippen LogP contribution in [0.4, 0.5) is 0 Å². The molecule has 0 saturated heterocycles. The normalized spacial score (nSPS) is 33.6. The molecule has 3 saturated carbocycles. The Morgan fingerprint density at radius 1 is 1.08 bits per heavy atom. The number of rotatable bonds is 5. The predicted molar refractivity (Wildman–Crippen MR) is 136 cm³/mol. The van der Waals surface area contributed by atoms with E-state index in [4.69, 9.17) is 5.73 Å². The van der Waals surface area contributed by atoms with Gasteiger partial charge in [0.2, 0.25) is 5.91 Å². The summed E-state index contributed by atoms with van der Waals surface area (Å²) in [5, 5.41) is 22.3. The molecule has 1 aromatic carbocycles. The van der Waals surface area contributed by atoms with Crippen LogP contribution >= 0.6 is 0 Å². The summed E-state index contributed by atoms with van der Waals surface area (Å²) in [5.41, 5.74) is 4.44. The third kappa shape index (κ3) is 3.93. The SMILES string of the molecule is CN(C)C1C(=O)C(C(N)=O)C(=O)C2(O)C(=O)C3C(=O)c4c(O)ccc(CCC5CCCCC5)c4CC3CC12. The van der Waals surface area contributed by atoms with Crippen molar-refractivity contribution >= 4 is 29.0 Å². The van der Waals surface area contributed by atoms with Gasteiger partial charge in [-0.25, -0.2) is 0 Å². The number of hydrogen-bond acceptors (Lipinski definition) is 8. The van der Waals surface area contributed by atoms with Gasteiger partial charge in [-0.15, -0.1) is 0 Å². The molecule has 6 atom stereocenters. The van der Waals surface area contributed by atoms with E-state index in [1.165, 1.54) is 43.1 Å². The topological polar surface area (TPSA) is 155 Å². The Morgan fingerprint density at radius 2 is 1.76 bits per heavy atom. The molecule has 0 spiro atoms. The van der Waals surface area contributed by atoms with E-state index >= 15 is 0 Å². The van der Waals surface area contributed by atoms with E-state index in [9.17, 15) is 34.2 Å². The number of phenols is 1. The van der Waals surface area contributed by atoms with Crippen molar-refractivity contribution < 1.29 is 34.2 Å². The first-order valence-corrected chi connectivity index (χ1v) is 13.7. The highest BCUT2D eigenvalue weighted by atomic mass is 16.3. The molecule has 0 aliphatic heterocycles. The molecule has 0 bridgehead atoms. The van der Waals surface area contributed by atoms with Crippen molar-refractivity contribution in [2.24, 2.45) is 35.3 Å². The molecule has 9 heteroatoms. The summed E-state index contributed by atoms with van der Waals surface area (Å²) in [6, 6.07) is 2.24. The third-order valence-electron chi connectivity index (χ3n) is 9.59. The Balaban J connectivity index is 1.53. The summed E-state index contributed by atoms with van der Waals surface area (Å²) in [5.74, 6) is -9.39. The quantitative estimate of drug-likeness (QED) is 0.488. The molecule has 1 amide bonds. The van der Waals surface area contributed by atoms with E-state index in [0.29, 0.717) is 12.3 Å². The lowest BCUT2D eigenvalue weighted by Gasteiger charge is -2.52. The molecule has 204 valence electrons. The summed E-state index contributed by atoms with van der Waals surface area (Å²) in [7, 11) is 3.16. The molecule has 4 aliphatic rings. The number of aromatic hydroxyl groups is 1. The van der Waals surface area contributed by atoms with Gasteiger partial charge in [0.05, 0.1) is 17.5 Å². The maximum absolute atomic E-state index is 13.9. The fourth-order valence-corrected chi connectivity index (χ4v) is 7.74. The van der Waals surface area contributed by atoms with Crippen molar-refractivity contribution in [3.05, 3.63) is 28.8 Å². The maximum atomic E-state index is 13.9. The zero-order valence-corrected chi connectivity index (χ0v) is 21.9. The van der Waals surface area contributed by atoms with Crippen LogP contribution in [0, 0.1) is 29.6 Å². The number of fused-ring (bicyclic) bond motifs is 3. The minimum atomic E-state index is -2.69. The third-order valence-corrected chi connectivity index (χ3v) is 9.59. The van der Waals surface area contributed by atoms with Crippen molar-refractivity contribution in [3.8, 4) is 5.75 Å². The number of aryl methyl sites for hydroxylation is 1. The number of carbonyl (C=O) groups excluding carboxylic acids is 5. The van der Waals surface area contributed by atoms with E-state index < -0.39 is 64.4 Å². The maximum Gasteiger partial charge on any atom is 0.235 e. The summed E-state index contributed by atoms with van der Waals surface area (Å²) in [6.45, 7) is 0. The van der Waals surface area contributed by atoms with Crippen LogP contribution in [0.15, 0.2) is 12.1 Å². The van der Waals surface area contributed by atoms with Crippen molar-refractivity contribution in [1.82, 2.24) is 4.90 Å². The van der Waals surface area contributed by atoms with Crippen LogP contribution in [0.1, 0.15) is 66.4 Å². The molecule has 4 N–H and O–H groups in total. The number of hydrogen-bond donors (Lipinski definition) is 3. The fraction of sp³-hybridized carbons (Fsp3) is 0.621. The van der Waals surface area contributed by atoms with Crippen LogP contribution in [0.2, 0.25) is 0 Å². The highest BCUT2D eigenvalue weighted by Crippen LogP contribution is 2.51. The zero-order chi connectivity index (χ0) is 27.5. The van der Waals surface area contributed by atoms with Crippen LogP contribution in [-0.4, -0.2) is 69.9 Å². The number of primary amides is 1. The predicted octanol–water partition coefficient (Wildman–Crippen LogP) is 1.38. The van der Waals surface area contributed by atoms with Crippen LogP contribution < -0.4 is 5.73 Å². The molecule has 9 nitrogen and oxygen atoms in total. The van der Waals surface area contributed by atoms with Crippen molar-refractivity contribution in [2.45, 2.75) is 69.4 Å². The molecule has 6 unspecified atom stereocenters. The molecule has 3 fully saturated rings. The lowest BCUT2D eigenvalue weighted by Crippen LogP contribution is -2.74. The van der Waals surface area contributed by atoms with E-state index in [-0.39, 0.29) is 17.7 Å². The number of nitrogens with zero attached hydrogens (tertiary/aromatic N) is 1. The first kappa shape index (κ1) is 26.7. The van der Waals surface area contributed by atoms with E-state index in [2.05, 4.69) is 0 Å². The lowest BCUT2D eigenvalue weighted by atomic mass is 9.52. The summed E-state index contributed by atoms with van der Waals surface area (Å²) in [6.07, 6.45) is 8.25. The molecular weight excluding hydrogens is 488 g/mol. The number of amides is 1. The zero-order valence-electron chi connectivity index (χ0n) is 21.9. The lowest BCUT2D eigenvalue weighted by molar-refractivity contribution is -0.181. The Kier molecular flexibility index (Phi) is 6.80. The monoisotopic (exact) mass is 524 g/mol. The Morgan fingerprint density at radius 3 is 2.39 bits per heavy atom. The Hall–Kier alpha value is -2.91. The summed E-state index contributed by atoms with van der Waals surface area (Å²) >= 11 is 0. The molecule has 4 aliphatic carbocycles. The number of ketones is 4. The smallest absolute Gasteiger partial charge is 0.235 e. The minimum absolute atomic E-state index is 0.0710. The number of benzene rings is 1. The van der Waals surface area contributed by atoms with Crippen LogP contribution in [0.5, 0.6) is 5.75 Å². The second kappa shape index (κ2) is 9.68. The summed E-state index contributed by atoms with van der Waals surface area (Å²) < 4.78 is 0. The molecule has 1 aromatic rings. The second-order valence-electron chi connectivity index (χ2n) is 11.9. The van der Waals surface area contributed by atoms with E-state index in [1.807, 2.05) is 6.07 Å². The standard InChI is InChI=1S/C29H36N2O7/c1-31(2)23-18-13-16-12-17-15(9-8-14-6-4-3-5-7-14)10-11-19(32)21(17)24(33)20(16)26(35)29(18,38)27(36)22(25(23)34)28(30)37/h10-11,14,16,18,20,22-23,32,38H,3-9,12-13H2,1-2H3,(H2,30,37). The summed E-state index contributed by atoms with van der Waals surface area (Å²) in [4.78, 5) is 67.7. The van der Waals surface area contributed by atoms with Crippen LogP contribution in [0.25, 0.3) is 0 Å². The Bertz CT molecular complexity index is 1220. The highest BCUT2D eigenvalue weighted by molar-refractivity contribution is 6.32. The largest absolute Gasteiger partial charge is 0.507 e. The van der Waals surface area contributed by atoms with Gasteiger partial charge in [0.25, 0.3) is 0 Å². The van der Waals surface area contributed by atoms with Gasteiger partial charge >= 0.3 is 0 Å². The number of Topliss-reactive ketones (excluding diaryl/α,β-unsaturated/α-hetero) is 4. The molecule has 0 heterocycles. The first-order valence-electron chi connectivity index (χ1n) is 13.7. The number of nitrogens with two attached hydrogens (primary N) is 1. The van der Waals surface area contributed by atoms with Crippen molar-refractivity contribution in [2.75, 3.05) is 14.1 Å². The fourth-order valence-electron chi connectivity index (χ4n) is 7.74. The van der Waals surface area contributed by atoms with E-state index in [0.717, 1.165) is 24.0 Å². The van der Waals surface area contributed by atoms with Gasteiger partial charge in [0.1, 0.15) is 5.75 Å². The number of likely N-dealkylation sites (N-methyl/N-ethyl adjacent to an activating group) is 1. The second-order valence-corrected chi connectivity index (χ2v) is 11.9. The van der Waals surface area contributed by atoms with Crippen molar-refractivity contribution in [1.29, 1.82) is 0 Å². The van der Waals surface area contributed by atoms with Crippen LogP contribution in [0.3, 0.4) is 0 Å². The van der Waals surface area contributed by atoms with Crippen molar-refractivity contribution in [3.63, 3.8) is 0 Å². The minimum Gasteiger partial charge on any atom is -0.507 e. The Labute approximate surface area is 221 Å². The number of aliphatic hydroxyl groups is 1. The molecule has 5 rings (SSSR count). The first-order chi connectivity index (χ1) is 18.0. The van der Waals surface area contributed by atoms with Crippen LogP contribution in [-0.2, 0) is 32.0 Å². The molecular formula is C29H36N2O7. The average Bonchev–Trinajstić information content (AvgIpc) is 2.86. The van der Waals surface area contributed by atoms with Gasteiger partial charge < -0.3 is 15.9 Å². The van der Waals surface area contributed by atoms with Gasteiger partial charge in [-0.2, -0.15) is 0 Å². The highest BCUT2D eigenvalue weighted by Gasteiger charge is 2.69.